The van der Waals surface area contributed by atoms with Gasteiger partial charge in [-0.15, -0.1) is 0 Å². The number of rotatable bonds is 7. The second-order valence-electron chi connectivity index (χ2n) is 7.17. The standard InChI is InChI=1S/C24H23NO5/c1-16-9-12-18(13-10-16)22(28)21-19(14-11-17-6-3-2-4-7-17)25(24(30)23(21)29)15-5-8-20(26)27/h2-4,6-7,9-14,19,28H,5,8,15H2,1H3,(H,26,27)/b14-11?,22-21-. The maximum absolute atomic E-state index is 12.8. The lowest BCUT2D eigenvalue weighted by atomic mass is 9.99. The van der Waals surface area contributed by atoms with Crippen molar-refractivity contribution >= 4 is 29.5 Å². The fraction of sp³-hybridized carbons (Fsp3) is 0.208. The van der Waals surface area contributed by atoms with Gasteiger partial charge in [-0.25, -0.2) is 0 Å². The van der Waals surface area contributed by atoms with Gasteiger partial charge >= 0.3 is 5.97 Å². The van der Waals surface area contributed by atoms with Gasteiger partial charge in [-0.05, 0) is 18.9 Å². The zero-order valence-corrected chi connectivity index (χ0v) is 16.6. The van der Waals surface area contributed by atoms with Crippen LogP contribution in [-0.4, -0.2) is 45.4 Å². The van der Waals surface area contributed by atoms with Gasteiger partial charge in [-0.2, -0.15) is 0 Å². The van der Waals surface area contributed by atoms with E-state index in [1.165, 1.54) is 4.90 Å². The summed E-state index contributed by atoms with van der Waals surface area (Å²) in [6.07, 6.45) is 3.57. The number of Topliss-reactive ketones (excluding diaryl/α,β-unsaturated/α-hetero) is 1. The second-order valence-corrected chi connectivity index (χ2v) is 7.17. The summed E-state index contributed by atoms with van der Waals surface area (Å²) in [7, 11) is 0. The highest BCUT2D eigenvalue weighted by Crippen LogP contribution is 2.30. The van der Waals surface area contributed by atoms with Crippen molar-refractivity contribution in [3.63, 3.8) is 0 Å². The van der Waals surface area contributed by atoms with Gasteiger partial charge in [-0.3, -0.25) is 14.4 Å². The Morgan fingerprint density at radius 3 is 2.33 bits per heavy atom. The monoisotopic (exact) mass is 405 g/mol. The third-order valence-corrected chi connectivity index (χ3v) is 4.97. The third-order valence-electron chi connectivity index (χ3n) is 4.97. The minimum atomic E-state index is -0.970. The van der Waals surface area contributed by atoms with Crippen LogP contribution in [0, 0.1) is 6.92 Å². The number of likely N-dealkylation sites (tertiary alicyclic amines) is 1. The first-order valence-corrected chi connectivity index (χ1v) is 9.69. The molecular weight excluding hydrogens is 382 g/mol. The van der Waals surface area contributed by atoms with Crippen LogP contribution >= 0.6 is 0 Å². The first kappa shape index (κ1) is 21.0. The molecule has 1 amide bonds. The van der Waals surface area contributed by atoms with Crippen LogP contribution < -0.4 is 0 Å². The minimum Gasteiger partial charge on any atom is -0.507 e. The van der Waals surface area contributed by atoms with Crippen LogP contribution in [0.15, 0.2) is 66.2 Å². The number of hydrogen-bond donors (Lipinski definition) is 2. The number of ketones is 1. The Labute approximate surface area is 174 Å². The van der Waals surface area contributed by atoms with Crippen LogP contribution in [0.5, 0.6) is 0 Å². The lowest BCUT2D eigenvalue weighted by Gasteiger charge is -2.22. The van der Waals surface area contributed by atoms with Gasteiger partial charge in [0, 0.05) is 18.5 Å². The summed E-state index contributed by atoms with van der Waals surface area (Å²) in [6, 6.07) is 15.6. The predicted octanol–water partition coefficient (Wildman–Crippen LogP) is 3.62. The van der Waals surface area contributed by atoms with Crippen molar-refractivity contribution < 1.29 is 24.6 Å². The molecule has 1 saturated heterocycles. The number of aliphatic carboxylic acids is 1. The van der Waals surface area contributed by atoms with E-state index in [2.05, 4.69) is 0 Å². The summed E-state index contributed by atoms with van der Waals surface area (Å²) < 4.78 is 0. The van der Waals surface area contributed by atoms with Crippen LogP contribution in [-0.2, 0) is 14.4 Å². The Hall–Kier alpha value is -3.67. The summed E-state index contributed by atoms with van der Waals surface area (Å²) in [5, 5.41) is 19.8. The average molecular weight is 405 g/mol. The molecule has 1 fully saturated rings. The number of hydrogen-bond acceptors (Lipinski definition) is 4. The fourth-order valence-electron chi connectivity index (χ4n) is 3.38. The van der Waals surface area contributed by atoms with Crippen LogP contribution in [0.2, 0.25) is 0 Å². The van der Waals surface area contributed by atoms with Gasteiger partial charge in [0.2, 0.25) is 0 Å². The van der Waals surface area contributed by atoms with Crippen molar-refractivity contribution in [1.82, 2.24) is 4.90 Å². The van der Waals surface area contributed by atoms with Gasteiger partial charge in [0.15, 0.2) is 0 Å². The van der Waals surface area contributed by atoms with Crippen molar-refractivity contribution in [3.8, 4) is 0 Å². The molecule has 1 atom stereocenters. The van der Waals surface area contributed by atoms with Crippen molar-refractivity contribution in [2.45, 2.75) is 25.8 Å². The zero-order chi connectivity index (χ0) is 21.7. The number of carboxylic acid groups (broad SMARTS) is 1. The molecule has 154 valence electrons. The first-order valence-electron chi connectivity index (χ1n) is 9.69. The Morgan fingerprint density at radius 1 is 1.03 bits per heavy atom. The average Bonchev–Trinajstić information content (AvgIpc) is 2.97. The molecule has 2 N–H and O–H groups in total. The number of aryl methyl sites for hydroxylation is 1. The normalized spacial score (nSPS) is 18.3. The molecule has 1 heterocycles. The number of benzene rings is 2. The molecule has 0 aliphatic carbocycles. The molecule has 6 heteroatoms. The number of carbonyl (C=O) groups excluding carboxylic acids is 2. The molecule has 0 bridgehead atoms. The summed E-state index contributed by atoms with van der Waals surface area (Å²) in [5.74, 6) is -2.72. The highest BCUT2D eigenvalue weighted by atomic mass is 16.4. The Balaban J connectivity index is 2.01. The van der Waals surface area contributed by atoms with E-state index in [0.29, 0.717) is 5.56 Å². The summed E-state index contributed by atoms with van der Waals surface area (Å²) in [4.78, 5) is 37.6. The van der Waals surface area contributed by atoms with Crippen LogP contribution in [0.3, 0.4) is 0 Å². The van der Waals surface area contributed by atoms with Gasteiger partial charge in [0.1, 0.15) is 5.76 Å². The van der Waals surface area contributed by atoms with Crippen LogP contribution in [0.1, 0.15) is 29.5 Å². The molecule has 2 aromatic carbocycles. The van der Waals surface area contributed by atoms with Gasteiger partial charge < -0.3 is 15.1 Å². The van der Waals surface area contributed by atoms with Crippen molar-refractivity contribution in [2.24, 2.45) is 0 Å². The highest BCUT2D eigenvalue weighted by Gasteiger charge is 2.43. The van der Waals surface area contributed by atoms with E-state index < -0.39 is 23.7 Å². The molecule has 1 unspecified atom stereocenters. The number of aliphatic hydroxyl groups excluding tert-OH is 1. The molecule has 0 saturated carbocycles. The van der Waals surface area contributed by atoms with E-state index in [1.54, 1.807) is 24.3 Å². The Bertz CT molecular complexity index is 1010. The van der Waals surface area contributed by atoms with Crippen molar-refractivity contribution in [3.05, 3.63) is 82.9 Å². The molecule has 30 heavy (non-hydrogen) atoms. The van der Waals surface area contributed by atoms with Crippen LogP contribution in [0.25, 0.3) is 11.8 Å². The fourth-order valence-corrected chi connectivity index (χ4v) is 3.38. The molecule has 0 aromatic heterocycles. The maximum atomic E-state index is 12.8. The van der Waals surface area contributed by atoms with E-state index in [-0.39, 0.29) is 30.7 Å². The number of aliphatic hydroxyl groups is 1. The number of carboxylic acids is 1. The molecule has 0 radical (unpaired) electrons. The molecule has 6 nitrogen and oxygen atoms in total. The zero-order valence-electron chi connectivity index (χ0n) is 16.6. The van der Waals surface area contributed by atoms with E-state index >= 15 is 0 Å². The van der Waals surface area contributed by atoms with Crippen molar-refractivity contribution in [2.75, 3.05) is 6.54 Å². The Kier molecular flexibility index (Phi) is 6.47. The SMILES string of the molecule is Cc1ccc(/C(O)=C2/C(=O)C(=O)N(CCCC(=O)O)C2C=Cc2ccccc2)cc1. The second kappa shape index (κ2) is 9.22. The predicted molar refractivity (Wildman–Crippen MR) is 114 cm³/mol. The van der Waals surface area contributed by atoms with Gasteiger partial charge in [0.05, 0.1) is 11.6 Å². The van der Waals surface area contributed by atoms with E-state index in [4.69, 9.17) is 5.11 Å². The quantitative estimate of drug-likeness (QED) is 0.417. The van der Waals surface area contributed by atoms with Gasteiger partial charge in [0.25, 0.3) is 11.7 Å². The minimum absolute atomic E-state index is 0.00589. The van der Waals surface area contributed by atoms with E-state index in [9.17, 15) is 19.5 Å². The first-order chi connectivity index (χ1) is 14.4. The van der Waals surface area contributed by atoms with Crippen LogP contribution in [0.4, 0.5) is 0 Å². The molecular formula is C24H23NO5. The highest BCUT2D eigenvalue weighted by molar-refractivity contribution is 6.47. The largest absolute Gasteiger partial charge is 0.507 e. The third kappa shape index (κ3) is 4.66. The summed E-state index contributed by atoms with van der Waals surface area (Å²) in [5.41, 5.74) is 2.33. The summed E-state index contributed by atoms with van der Waals surface area (Å²) in [6.45, 7) is 2.01. The lowest BCUT2D eigenvalue weighted by Crippen LogP contribution is -2.34. The molecule has 0 spiro atoms. The summed E-state index contributed by atoms with van der Waals surface area (Å²) >= 11 is 0. The molecule has 1 aliphatic rings. The molecule has 1 aliphatic heterocycles. The molecule has 3 rings (SSSR count). The smallest absolute Gasteiger partial charge is 0.303 e. The Morgan fingerprint density at radius 2 is 1.70 bits per heavy atom. The van der Waals surface area contributed by atoms with E-state index in [1.807, 2.05) is 49.4 Å². The number of carbonyl (C=O) groups is 3. The topological polar surface area (TPSA) is 94.9 Å². The number of amides is 1. The maximum Gasteiger partial charge on any atom is 0.303 e. The van der Waals surface area contributed by atoms with Gasteiger partial charge in [-0.1, -0.05) is 72.3 Å². The molecule has 2 aromatic rings. The number of nitrogens with zero attached hydrogens (tertiary/aromatic N) is 1. The van der Waals surface area contributed by atoms with E-state index in [0.717, 1.165) is 11.1 Å². The lowest BCUT2D eigenvalue weighted by molar-refractivity contribution is -0.140. The van der Waals surface area contributed by atoms with Crippen molar-refractivity contribution in [1.29, 1.82) is 0 Å².